The molecule has 1 amide bonds. The fourth-order valence-electron chi connectivity index (χ4n) is 2.48. The SMILES string of the molecule is CCn1ccnc1C(C)N(C=O)Cc1ccc(C)c(C)c1. The first-order valence-electron chi connectivity index (χ1n) is 7.35. The smallest absolute Gasteiger partial charge is 0.210 e. The van der Waals surface area contributed by atoms with Gasteiger partial charge >= 0.3 is 0 Å². The summed E-state index contributed by atoms with van der Waals surface area (Å²) < 4.78 is 2.07. The fraction of sp³-hybridized carbons (Fsp3) is 0.412. The van der Waals surface area contributed by atoms with Crippen LogP contribution in [0.15, 0.2) is 30.6 Å². The van der Waals surface area contributed by atoms with Crippen molar-refractivity contribution in [2.75, 3.05) is 0 Å². The van der Waals surface area contributed by atoms with Crippen LogP contribution in [0.25, 0.3) is 0 Å². The van der Waals surface area contributed by atoms with Crippen LogP contribution in [0.3, 0.4) is 0 Å². The topological polar surface area (TPSA) is 38.1 Å². The lowest BCUT2D eigenvalue weighted by Crippen LogP contribution is -2.27. The van der Waals surface area contributed by atoms with Gasteiger partial charge in [0.2, 0.25) is 6.41 Å². The average Bonchev–Trinajstić information content (AvgIpc) is 2.96. The molecular weight excluding hydrogens is 262 g/mol. The van der Waals surface area contributed by atoms with Gasteiger partial charge in [-0.3, -0.25) is 4.79 Å². The Balaban J connectivity index is 2.19. The number of aryl methyl sites for hydroxylation is 3. The minimum Gasteiger partial charge on any atom is -0.333 e. The molecule has 0 bridgehead atoms. The number of imidazole rings is 1. The highest BCUT2D eigenvalue weighted by atomic mass is 16.1. The summed E-state index contributed by atoms with van der Waals surface area (Å²) in [5, 5.41) is 0. The van der Waals surface area contributed by atoms with Gasteiger partial charge in [0.25, 0.3) is 0 Å². The second-order valence-corrected chi connectivity index (χ2v) is 5.44. The summed E-state index contributed by atoms with van der Waals surface area (Å²) in [5.74, 6) is 0.924. The first-order valence-corrected chi connectivity index (χ1v) is 7.35. The molecule has 0 fully saturated rings. The molecule has 2 aromatic rings. The number of carbonyl (C=O) groups is 1. The highest BCUT2D eigenvalue weighted by Crippen LogP contribution is 2.20. The van der Waals surface area contributed by atoms with Crippen molar-refractivity contribution in [3.63, 3.8) is 0 Å². The molecular formula is C17H23N3O. The molecule has 4 nitrogen and oxygen atoms in total. The van der Waals surface area contributed by atoms with E-state index in [-0.39, 0.29) is 6.04 Å². The molecule has 112 valence electrons. The van der Waals surface area contributed by atoms with E-state index in [0.717, 1.165) is 24.3 Å². The predicted octanol–water partition coefficient (Wildman–Crippen LogP) is 3.24. The van der Waals surface area contributed by atoms with Gasteiger partial charge in [0.05, 0.1) is 6.04 Å². The van der Waals surface area contributed by atoms with Gasteiger partial charge in [0.15, 0.2) is 0 Å². The molecule has 4 heteroatoms. The van der Waals surface area contributed by atoms with Gasteiger partial charge in [0, 0.05) is 25.5 Å². The van der Waals surface area contributed by atoms with Crippen molar-refractivity contribution in [3.8, 4) is 0 Å². The number of rotatable bonds is 6. The number of hydrogen-bond donors (Lipinski definition) is 0. The minimum atomic E-state index is -0.0425. The minimum absolute atomic E-state index is 0.0425. The number of hydrogen-bond acceptors (Lipinski definition) is 2. The molecule has 1 heterocycles. The molecule has 1 aromatic carbocycles. The van der Waals surface area contributed by atoms with E-state index in [1.54, 1.807) is 11.1 Å². The molecule has 0 radical (unpaired) electrons. The molecule has 0 saturated heterocycles. The van der Waals surface area contributed by atoms with E-state index in [1.165, 1.54) is 11.1 Å². The average molecular weight is 285 g/mol. The van der Waals surface area contributed by atoms with E-state index >= 15 is 0 Å². The second kappa shape index (κ2) is 6.57. The Hall–Kier alpha value is -2.10. The van der Waals surface area contributed by atoms with E-state index in [1.807, 2.05) is 13.1 Å². The van der Waals surface area contributed by atoms with Crippen LogP contribution in [0.2, 0.25) is 0 Å². The largest absolute Gasteiger partial charge is 0.333 e. The van der Waals surface area contributed by atoms with Crippen molar-refractivity contribution < 1.29 is 4.79 Å². The van der Waals surface area contributed by atoms with Crippen LogP contribution < -0.4 is 0 Å². The first-order chi connectivity index (χ1) is 10.1. The summed E-state index contributed by atoms with van der Waals surface area (Å²) >= 11 is 0. The maximum atomic E-state index is 11.5. The van der Waals surface area contributed by atoms with Gasteiger partial charge in [-0.15, -0.1) is 0 Å². The van der Waals surface area contributed by atoms with Crippen LogP contribution in [0, 0.1) is 13.8 Å². The maximum Gasteiger partial charge on any atom is 0.210 e. The van der Waals surface area contributed by atoms with Crippen LogP contribution in [0.1, 0.15) is 42.4 Å². The summed E-state index contributed by atoms with van der Waals surface area (Å²) in [4.78, 5) is 17.7. The van der Waals surface area contributed by atoms with Crippen LogP contribution in [0.4, 0.5) is 0 Å². The molecule has 2 rings (SSSR count). The fourth-order valence-corrected chi connectivity index (χ4v) is 2.48. The molecule has 0 aliphatic rings. The standard InChI is InChI=1S/C17H23N3O/c1-5-19-9-8-18-17(19)15(4)20(12-21)11-16-7-6-13(2)14(3)10-16/h6-10,12,15H,5,11H2,1-4H3. The molecule has 0 saturated carbocycles. The number of benzene rings is 1. The monoisotopic (exact) mass is 285 g/mol. The first kappa shape index (κ1) is 15.3. The van der Waals surface area contributed by atoms with Crippen molar-refractivity contribution >= 4 is 6.41 Å². The molecule has 1 aromatic heterocycles. The highest BCUT2D eigenvalue weighted by Gasteiger charge is 2.18. The Morgan fingerprint density at radius 2 is 2.10 bits per heavy atom. The summed E-state index contributed by atoms with van der Waals surface area (Å²) in [6.07, 6.45) is 4.65. The lowest BCUT2D eigenvalue weighted by molar-refractivity contribution is -0.120. The van der Waals surface area contributed by atoms with Gasteiger partial charge in [-0.05, 0) is 44.4 Å². The normalized spacial score (nSPS) is 12.2. The lowest BCUT2D eigenvalue weighted by atomic mass is 10.1. The van der Waals surface area contributed by atoms with Crippen LogP contribution in [-0.4, -0.2) is 20.9 Å². The van der Waals surface area contributed by atoms with Crippen molar-refractivity contribution in [1.82, 2.24) is 14.5 Å². The predicted molar refractivity (Wildman–Crippen MR) is 83.8 cm³/mol. The maximum absolute atomic E-state index is 11.5. The van der Waals surface area contributed by atoms with Gasteiger partial charge in [-0.25, -0.2) is 4.98 Å². The molecule has 21 heavy (non-hydrogen) atoms. The number of carbonyl (C=O) groups excluding carboxylic acids is 1. The Morgan fingerprint density at radius 1 is 1.33 bits per heavy atom. The highest BCUT2D eigenvalue weighted by molar-refractivity contribution is 5.48. The molecule has 1 atom stereocenters. The number of nitrogens with zero attached hydrogens (tertiary/aromatic N) is 3. The van der Waals surface area contributed by atoms with Crippen LogP contribution >= 0.6 is 0 Å². The second-order valence-electron chi connectivity index (χ2n) is 5.44. The van der Waals surface area contributed by atoms with E-state index < -0.39 is 0 Å². The summed E-state index contributed by atoms with van der Waals surface area (Å²) in [6, 6.07) is 6.28. The molecule has 0 aliphatic heterocycles. The van der Waals surface area contributed by atoms with Crippen LogP contribution in [-0.2, 0) is 17.9 Å². The quantitative estimate of drug-likeness (QED) is 0.764. The zero-order valence-corrected chi connectivity index (χ0v) is 13.2. The molecule has 0 aliphatic carbocycles. The zero-order valence-electron chi connectivity index (χ0n) is 13.2. The summed E-state index contributed by atoms with van der Waals surface area (Å²) in [6.45, 7) is 9.74. The lowest BCUT2D eigenvalue weighted by Gasteiger charge is -2.25. The van der Waals surface area contributed by atoms with E-state index in [0.29, 0.717) is 6.54 Å². The van der Waals surface area contributed by atoms with E-state index in [9.17, 15) is 4.79 Å². The van der Waals surface area contributed by atoms with E-state index in [2.05, 4.69) is 48.5 Å². The molecule has 0 spiro atoms. The number of aromatic nitrogens is 2. The summed E-state index contributed by atoms with van der Waals surface area (Å²) in [7, 11) is 0. The molecule has 0 N–H and O–H groups in total. The summed E-state index contributed by atoms with van der Waals surface area (Å²) in [5.41, 5.74) is 3.67. The third kappa shape index (κ3) is 3.32. The van der Waals surface area contributed by atoms with Crippen molar-refractivity contribution in [1.29, 1.82) is 0 Å². The Kier molecular flexibility index (Phi) is 4.78. The van der Waals surface area contributed by atoms with Crippen molar-refractivity contribution in [3.05, 3.63) is 53.1 Å². The van der Waals surface area contributed by atoms with Crippen LogP contribution in [0.5, 0.6) is 0 Å². The Labute approximate surface area is 126 Å². The third-order valence-corrected chi connectivity index (χ3v) is 4.03. The zero-order chi connectivity index (χ0) is 15.4. The van der Waals surface area contributed by atoms with Crippen molar-refractivity contribution in [2.24, 2.45) is 0 Å². The van der Waals surface area contributed by atoms with Crippen molar-refractivity contribution in [2.45, 2.75) is 46.8 Å². The Bertz CT molecular complexity index is 618. The van der Waals surface area contributed by atoms with Gasteiger partial charge < -0.3 is 9.47 Å². The van der Waals surface area contributed by atoms with Gasteiger partial charge in [0.1, 0.15) is 5.82 Å². The van der Waals surface area contributed by atoms with E-state index in [4.69, 9.17) is 0 Å². The third-order valence-electron chi connectivity index (χ3n) is 4.03. The Morgan fingerprint density at radius 3 is 2.71 bits per heavy atom. The van der Waals surface area contributed by atoms with Gasteiger partial charge in [-0.1, -0.05) is 18.2 Å². The number of amides is 1. The molecule has 1 unspecified atom stereocenters. The van der Waals surface area contributed by atoms with Gasteiger partial charge in [-0.2, -0.15) is 0 Å².